The van der Waals surface area contributed by atoms with Crippen LogP contribution in [0.25, 0.3) is 0 Å². The molecule has 0 amide bonds. The topological polar surface area (TPSA) is 54.3 Å². The van der Waals surface area contributed by atoms with Crippen molar-refractivity contribution in [2.75, 3.05) is 25.1 Å². The van der Waals surface area contributed by atoms with E-state index in [1.807, 2.05) is 39.0 Å². The van der Waals surface area contributed by atoms with Crippen molar-refractivity contribution in [2.45, 2.75) is 27.1 Å². The minimum atomic E-state index is -0.259. The van der Waals surface area contributed by atoms with Crippen LogP contribution >= 0.6 is 0 Å². The second kappa shape index (κ2) is 7.70. The molecule has 1 aromatic rings. The van der Waals surface area contributed by atoms with E-state index in [1.54, 1.807) is 0 Å². The van der Waals surface area contributed by atoms with Crippen molar-refractivity contribution >= 4 is 5.69 Å². The molecule has 4 nitrogen and oxygen atoms in total. The van der Waals surface area contributed by atoms with Gasteiger partial charge in [0.25, 0.3) is 0 Å². The smallest absolute Gasteiger partial charge is 0.174 e. The number of nitrogens with one attached hydrogen (secondary N) is 1. The summed E-state index contributed by atoms with van der Waals surface area (Å²) in [7, 11) is 0. The van der Waals surface area contributed by atoms with E-state index < -0.39 is 0 Å². The molecule has 0 spiro atoms. The monoisotopic (exact) mass is 248 g/mol. The predicted molar refractivity (Wildman–Crippen MR) is 71.4 cm³/mol. The Kier molecular flexibility index (Phi) is 6.20. The first kappa shape index (κ1) is 14.5. The second-order valence-electron chi connectivity index (χ2n) is 3.86. The third-order valence-corrected chi connectivity index (χ3v) is 2.53. The molecule has 98 valence electrons. The maximum absolute atomic E-state index is 8.87. The van der Waals surface area contributed by atoms with E-state index in [2.05, 4.69) is 11.4 Å². The number of rotatable bonds is 7. The lowest BCUT2D eigenvalue weighted by atomic mass is 10.1. The molecule has 0 heterocycles. The van der Waals surface area contributed by atoms with Gasteiger partial charge in [-0.1, -0.05) is 6.07 Å². The molecule has 18 heavy (non-hydrogen) atoms. The Balaban J connectivity index is 2.63. The Labute approximate surface area is 109 Å². The van der Waals surface area contributed by atoms with E-state index in [1.165, 1.54) is 0 Å². The molecule has 0 aromatic heterocycles. The van der Waals surface area contributed by atoms with Crippen LogP contribution in [0.2, 0.25) is 0 Å². The zero-order valence-corrected chi connectivity index (χ0v) is 11.2. The number of ether oxygens (including phenoxy) is 2. The SMILES string of the molecule is CCOC(CNc1cc(C#N)ccc1C)OCC. The lowest BCUT2D eigenvalue weighted by molar-refractivity contribution is -0.126. The fourth-order valence-electron chi connectivity index (χ4n) is 1.61. The molecule has 0 aliphatic carbocycles. The van der Waals surface area contributed by atoms with Crippen molar-refractivity contribution in [1.82, 2.24) is 0 Å². The molecular weight excluding hydrogens is 228 g/mol. The van der Waals surface area contributed by atoms with Gasteiger partial charge in [0.15, 0.2) is 6.29 Å². The Morgan fingerprint density at radius 2 is 1.94 bits per heavy atom. The van der Waals surface area contributed by atoms with Gasteiger partial charge in [0.2, 0.25) is 0 Å². The average molecular weight is 248 g/mol. The van der Waals surface area contributed by atoms with E-state index in [0.29, 0.717) is 25.3 Å². The summed E-state index contributed by atoms with van der Waals surface area (Å²) in [5.74, 6) is 0. The molecule has 0 bridgehead atoms. The maximum atomic E-state index is 8.87. The van der Waals surface area contributed by atoms with Gasteiger partial charge < -0.3 is 14.8 Å². The number of hydrogen-bond acceptors (Lipinski definition) is 4. The van der Waals surface area contributed by atoms with Crippen LogP contribution in [0.15, 0.2) is 18.2 Å². The molecule has 0 fully saturated rings. The Morgan fingerprint density at radius 1 is 1.28 bits per heavy atom. The average Bonchev–Trinajstić information content (AvgIpc) is 2.38. The van der Waals surface area contributed by atoms with Crippen molar-refractivity contribution in [3.8, 4) is 6.07 Å². The van der Waals surface area contributed by atoms with Gasteiger partial charge in [-0.2, -0.15) is 5.26 Å². The summed E-state index contributed by atoms with van der Waals surface area (Å²) in [6.45, 7) is 7.67. The quantitative estimate of drug-likeness (QED) is 0.754. The highest BCUT2D eigenvalue weighted by molar-refractivity contribution is 5.55. The first-order valence-electron chi connectivity index (χ1n) is 6.19. The molecule has 0 saturated carbocycles. The molecule has 0 aliphatic rings. The third kappa shape index (κ3) is 4.36. The molecule has 4 heteroatoms. The fraction of sp³-hybridized carbons (Fsp3) is 0.500. The standard InChI is InChI=1S/C14H20N2O2/c1-4-17-14(18-5-2)10-16-13-8-12(9-15)7-6-11(13)3/h6-8,14,16H,4-5,10H2,1-3H3. The number of anilines is 1. The number of benzene rings is 1. The first-order chi connectivity index (χ1) is 8.71. The maximum Gasteiger partial charge on any atom is 0.174 e. The van der Waals surface area contributed by atoms with E-state index in [9.17, 15) is 0 Å². The van der Waals surface area contributed by atoms with Gasteiger partial charge in [0.1, 0.15) is 0 Å². The number of nitrogens with zero attached hydrogens (tertiary/aromatic N) is 1. The van der Waals surface area contributed by atoms with Crippen LogP contribution in [-0.4, -0.2) is 26.0 Å². The van der Waals surface area contributed by atoms with Gasteiger partial charge in [-0.3, -0.25) is 0 Å². The summed E-state index contributed by atoms with van der Waals surface area (Å²) >= 11 is 0. The van der Waals surface area contributed by atoms with Crippen LogP contribution in [0.3, 0.4) is 0 Å². The van der Waals surface area contributed by atoms with Crippen LogP contribution in [0.1, 0.15) is 25.0 Å². The first-order valence-corrected chi connectivity index (χ1v) is 6.19. The summed E-state index contributed by atoms with van der Waals surface area (Å²) in [5, 5.41) is 12.1. The molecule has 1 aromatic carbocycles. The van der Waals surface area contributed by atoms with E-state index in [4.69, 9.17) is 14.7 Å². The lowest BCUT2D eigenvalue weighted by Gasteiger charge is -2.19. The summed E-state index contributed by atoms with van der Waals surface area (Å²) in [5.41, 5.74) is 2.69. The molecule has 1 N–H and O–H groups in total. The second-order valence-corrected chi connectivity index (χ2v) is 3.86. The lowest BCUT2D eigenvalue weighted by Crippen LogP contribution is -2.26. The normalized spacial score (nSPS) is 10.4. The third-order valence-electron chi connectivity index (χ3n) is 2.53. The molecular formula is C14H20N2O2. The number of aryl methyl sites for hydroxylation is 1. The molecule has 0 saturated heterocycles. The molecule has 0 unspecified atom stereocenters. The zero-order valence-electron chi connectivity index (χ0n) is 11.2. The van der Waals surface area contributed by atoms with Gasteiger partial charge in [0, 0.05) is 18.9 Å². The number of nitriles is 1. The largest absolute Gasteiger partial charge is 0.380 e. The number of hydrogen-bond donors (Lipinski definition) is 1. The van der Waals surface area contributed by atoms with Gasteiger partial charge in [-0.05, 0) is 38.5 Å². The van der Waals surface area contributed by atoms with E-state index in [-0.39, 0.29) is 6.29 Å². The molecule has 1 rings (SSSR count). The molecule has 0 atom stereocenters. The van der Waals surface area contributed by atoms with Crippen LogP contribution in [0, 0.1) is 18.3 Å². The van der Waals surface area contributed by atoms with Crippen molar-refractivity contribution in [3.63, 3.8) is 0 Å². The Hall–Kier alpha value is -1.57. The van der Waals surface area contributed by atoms with Crippen molar-refractivity contribution in [3.05, 3.63) is 29.3 Å². The van der Waals surface area contributed by atoms with Gasteiger partial charge >= 0.3 is 0 Å². The highest BCUT2D eigenvalue weighted by atomic mass is 16.7. The summed E-state index contributed by atoms with van der Waals surface area (Å²) < 4.78 is 10.9. The van der Waals surface area contributed by atoms with Crippen LogP contribution < -0.4 is 5.32 Å². The van der Waals surface area contributed by atoms with Crippen molar-refractivity contribution in [2.24, 2.45) is 0 Å². The Morgan fingerprint density at radius 3 is 2.50 bits per heavy atom. The highest BCUT2D eigenvalue weighted by Gasteiger charge is 2.08. The molecule has 0 aliphatic heterocycles. The Bertz CT molecular complexity index is 407. The minimum absolute atomic E-state index is 0.259. The van der Waals surface area contributed by atoms with Crippen LogP contribution in [-0.2, 0) is 9.47 Å². The van der Waals surface area contributed by atoms with Crippen molar-refractivity contribution < 1.29 is 9.47 Å². The van der Waals surface area contributed by atoms with Crippen LogP contribution in [0.4, 0.5) is 5.69 Å². The van der Waals surface area contributed by atoms with Crippen LogP contribution in [0.5, 0.6) is 0 Å². The minimum Gasteiger partial charge on any atom is -0.380 e. The van der Waals surface area contributed by atoms with Crippen molar-refractivity contribution in [1.29, 1.82) is 5.26 Å². The summed E-state index contributed by atoms with van der Waals surface area (Å²) in [4.78, 5) is 0. The summed E-state index contributed by atoms with van der Waals surface area (Å²) in [6.07, 6.45) is -0.259. The fourth-order valence-corrected chi connectivity index (χ4v) is 1.61. The van der Waals surface area contributed by atoms with E-state index in [0.717, 1.165) is 11.3 Å². The molecule has 0 radical (unpaired) electrons. The predicted octanol–water partition coefficient (Wildman–Crippen LogP) is 2.68. The zero-order chi connectivity index (χ0) is 13.4. The van der Waals surface area contributed by atoms with Gasteiger partial charge in [-0.15, -0.1) is 0 Å². The highest BCUT2D eigenvalue weighted by Crippen LogP contribution is 2.16. The van der Waals surface area contributed by atoms with Gasteiger partial charge in [-0.25, -0.2) is 0 Å². The van der Waals surface area contributed by atoms with E-state index >= 15 is 0 Å². The van der Waals surface area contributed by atoms with Gasteiger partial charge in [0.05, 0.1) is 18.2 Å². The summed E-state index contributed by atoms with van der Waals surface area (Å²) in [6, 6.07) is 7.70.